The summed E-state index contributed by atoms with van der Waals surface area (Å²) in [7, 11) is 1.59. The minimum Gasteiger partial charge on any atom is -0.503 e. The summed E-state index contributed by atoms with van der Waals surface area (Å²) in [5, 5.41) is 10.3. The molecule has 0 aliphatic carbocycles. The minimum absolute atomic E-state index is 0.165. The molecule has 0 saturated heterocycles. The zero-order chi connectivity index (χ0) is 18.4. The van der Waals surface area contributed by atoms with Crippen molar-refractivity contribution in [3.63, 3.8) is 0 Å². The van der Waals surface area contributed by atoms with Crippen LogP contribution in [0.15, 0.2) is 35.6 Å². The Morgan fingerprint density at radius 3 is 2.72 bits per heavy atom. The van der Waals surface area contributed by atoms with Crippen molar-refractivity contribution in [2.24, 2.45) is 0 Å². The highest BCUT2D eigenvalue weighted by Crippen LogP contribution is 2.39. The van der Waals surface area contributed by atoms with E-state index in [-0.39, 0.29) is 17.8 Å². The molecule has 1 N–H and O–H groups in total. The molecule has 6 nitrogen and oxygen atoms in total. The molecule has 1 aromatic rings. The third-order valence-electron chi connectivity index (χ3n) is 4.16. The molecule has 1 aromatic carbocycles. The maximum atomic E-state index is 12.5. The number of methoxy groups -OCH3 is 1. The standard InChI is InChI=1S/C19H25NO5/c1-4-15(21)16-17(13-8-6-9-14(12-13)25-5-2)20(10-7-11-24-3)19(23)18(16)22/h6,8-9,12,17,22H,4-5,7,10-11H2,1-3H3. The molecule has 0 spiro atoms. The van der Waals surface area contributed by atoms with E-state index in [9.17, 15) is 14.7 Å². The molecule has 0 bridgehead atoms. The highest BCUT2D eigenvalue weighted by Gasteiger charge is 2.42. The molecule has 1 unspecified atom stereocenters. The van der Waals surface area contributed by atoms with Crippen molar-refractivity contribution in [3.05, 3.63) is 41.2 Å². The van der Waals surface area contributed by atoms with Crippen LogP contribution >= 0.6 is 0 Å². The summed E-state index contributed by atoms with van der Waals surface area (Å²) in [6, 6.07) is 6.69. The number of hydrogen-bond acceptors (Lipinski definition) is 5. The van der Waals surface area contributed by atoms with Gasteiger partial charge in [0.15, 0.2) is 11.5 Å². The summed E-state index contributed by atoms with van der Waals surface area (Å²) in [5.74, 6) is -0.526. The van der Waals surface area contributed by atoms with Crippen LogP contribution in [-0.2, 0) is 14.3 Å². The number of benzene rings is 1. The van der Waals surface area contributed by atoms with Crippen LogP contribution in [0, 0.1) is 0 Å². The number of Topliss-reactive ketones (excluding diaryl/α,β-unsaturated/α-hetero) is 1. The van der Waals surface area contributed by atoms with Gasteiger partial charge < -0.3 is 19.5 Å². The maximum absolute atomic E-state index is 12.5. The van der Waals surface area contributed by atoms with Gasteiger partial charge in [0.2, 0.25) is 0 Å². The Morgan fingerprint density at radius 1 is 1.32 bits per heavy atom. The van der Waals surface area contributed by atoms with Crippen LogP contribution in [0.4, 0.5) is 0 Å². The van der Waals surface area contributed by atoms with Crippen LogP contribution in [0.1, 0.15) is 38.3 Å². The number of aliphatic hydroxyl groups is 1. The van der Waals surface area contributed by atoms with Crippen molar-refractivity contribution < 1.29 is 24.2 Å². The van der Waals surface area contributed by atoms with Gasteiger partial charge in [-0.1, -0.05) is 19.1 Å². The van der Waals surface area contributed by atoms with Gasteiger partial charge in [0.1, 0.15) is 5.75 Å². The molecule has 1 heterocycles. The molecule has 25 heavy (non-hydrogen) atoms. The van der Waals surface area contributed by atoms with E-state index in [1.54, 1.807) is 14.0 Å². The van der Waals surface area contributed by atoms with Gasteiger partial charge in [-0.3, -0.25) is 9.59 Å². The van der Waals surface area contributed by atoms with E-state index < -0.39 is 17.7 Å². The lowest BCUT2D eigenvalue weighted by Gasteiger charge is -2.27. The zero-order valence-electron chi connectivity index (χ0n) is 14.9. The number of aliphatic hydroxyl groups excluding tert-OH is 1. The van der Waals surface area contributed by atoms with E-state index in [2.05, 4.69) is 0 Å². The molecule has 0 saturated carbocycles. The average molecular weight is 347 g/mol. The predicted octanol–water partition coefficient (Wildman–Crippen LogP) is 2.80. The average Bonchev–Trinajstić information content (AvgIpc) is 2.87. The van der Waals surface area contributed by atoms with Crippen LogP contribution in [0.3, 0.4) is 0 Å². The predicted molar refractivity (Wildman–Crippen MR) is 93.5 cm³/mol. The first-order chi connectivity index (χ1) is 12.0. The van der Waals surface area contributed by atoms with E-state index in [0.717, 1.165) is 5.56 Å². The van der Waals surface area contributed by atoms with Crippen molar-refractivity contribution in [1.82, 2.24) is 4.90 Å². The molecule has 1 aliphatic rings. The van der Waals surface area contributed by atoms with E-state index in [1.165, 1.54) is 4.90 Å². The Labute approximate surface area is 148 Å². The van der Waals surface area contributed by atoms with E-state index >= 15 is 0 Å². The maximum Gasteiger partial charge on any atom is 0.290 e. The summed E-state index contributed by atoms with van der Waals surface area (Å²) >= 11 is 0. The third kappa shape index (κ3) is 4.02. The van der Waals surface area contributed by atoms with Gasteiger partial charge >= 0.3 is 0 Å². The lowest BCUT2D eigenvalue weighted by Crippen LogP contribution is -2.32. The van der Waals surface area contributed by atoms with Crippen LogP contribution in [-0.4, -0.2) is 48.6 Å². The van der Waals surface area contributed by atoms with Crippen molar-refractivity contribution in [2.75, 3.05) is 26.9 Å². The van der Waals surface area contributed by atoms with Gasteiger partial charge in [0.05, 0.1) is 18.2 Å². The Balaban J connectivity index is 2.43. The van der Waals surface area contributed by atoms with E-state index in [4.69, 9.17) is 9.47 Å². The molecule has 1 amide bonds. The van der Waals surface area contributed by atoms with Crippen LogP contribution in [0.2, 0.25) is 0 Å². The molecule has 136 valence electrons. The number of nitrogens with zero attached hydrogens (tertiary/aromatic N) is 1. The van der Waals surface area contributed by atoms with Crippen molar-refractivity contribution >= 4 is 11.7 Å². The summed E-state index contributed by atoms with van der Waals surface area (Å²) in [4.78, 5) is 26.4. The van der Waals surface area contributed by atoms with Gasteiger partial charge in [-0.25, -0.2) is 0 Å². The molecule has 2 rings (SSSR count). The zero-order valence-corrected chi connectivity index (χ0v) is 14.9. The first-order valence-electron chi connectivity index (χ1n) is 8.54. The van der Waals surface area contributed by atoms with E-state index in [0.29, 0.717) is 31.9 Å². The van der Waals surface area contributed by atoms with Crippen molar-refractivity contribution in [2.45, 2.75) is 32.7 Å². The second-order valence-electron chi connectivity index (χ2n) is 5.79. The molecule has 1 atom stereocenters. The minimum atomic E-state index is -0.600. The number of ketones is 1. The highest BCUT2D eigenvalue weighted by molar-refractivity contribution is 6.08. The fourth-order valence-corrected chi connectivity index (χ4v) is 3.03. The van der Waals surface area contributed by atoms with Crippen LogP contribution < -0.4 is 4.74 Å². The third-order valence-corrected chi connectivity index (χ3v) is 4.16. The number of hydrogen-bond donors (Lipinski definition) is 1. The number of carbonyl (C=O) groups excluding carboxylic acids is 2. The molecular formula is C19H25NO5. The molecule has 1 aliphatic heterocycles. The number of rotatable bonds is 9. The van der Waals surface area contributed by atoms with Gasteiger partial charge in [-0.15, -0.1) is 0 Å². The van der Waals surface area contributed by atoms with Crippen LogP contribution in [0.5, 0.6) is 5.75 Å². The number of amides is 1. The Morgan fingerprint density at radius 2 is 2.08 bits per heavy atom. The molecule has 0 radical (unpaired) electrons. The number of ether oxygens (including phenoxy) is 2. The van der Waals surface area contributed by atoms with E-state index in [1.807, 2.05) is 31.2 Å². The SMILES string of the molecule is CCOc1cccc(C2C(C(=O)CC)=C(O)C(=O)N2CCCOC)c1. The summed E-state index contributed by atoms with van der Waals surface area (Å²) in [6.45, 7) is 5.01. The summed E-state index contributed by atoms with van der Waals surface area (Å²) in [5.41, 5.74) is 0.913. The lowest BCUT2D eigenvalue weighted by atomic mass is 9.95. The fourth-order valence-electron chi connectivity index (χ4n) is 3.03. The summed E-state index contributed by atoms with van der Waals surface area (Å²) in [6.07, 6.45) is 0.838. The monoisotopic (exact) mass is 347 g/mol. The Kier molecular flexibility index (Phi) is 6.58. The highest BCUT2D eigenvalue weighted by atomic mass is 16.5. The summed E-state index contributed by atoms with van der Waals surface area (Å²) < 4.78 is 10.6. The largest absolute Gasteiger partial charge is 0.503 e. The molecule has 6 heteroatoms. The Hall–Kier alpha value is -2.34. The smallest absolute Gasteiger partial charge is 0.290 e. The second-order valence-corrected chi connectivity index (χ2v) is 5.79. The topological polar surface area (TPSA) is 76.1 Å². The first kappa shape index (κ1) is 19.0. The van der Waals surface area contributed by atoms with Gasteiger partial charge in [-0.05, 0) is 31.0 Å². The molecular weight excluding hydrogens is 322 g/mol. The molecule has 0 aromatic heterocycles. The van der Waals surface area contributed by atoms with Crippen molar-refractivity contribution in [1.29, 1.82) is 0 Å². The quantitative estimate of drug-likeness (QED) is 0.695. The second kappa shape index (κ2) is 8.67. The molecule has 0 fully saturated rings. The fraction of sp³-hybridized carbons (Fsp3) is 0.474. The van der Waals surface area contributed by atoms with Gasteiger partial charge in [-0.2, -0.15) is 0 Å². The number of carbonyl (C=O) groups is 2. The van der Waals surface area contributed by atoms with Crippen LogP contribution in [0.25, 0.3) is 0 Å². The lowest BCUT2D eigenvalue weighted by molar-refractivity contribution is -0.129. The Bertz CT molecular complexity index is 668. The van der Waals surface area contributed by atoms with Crippen molar-refractivity contribution in [3.8, 4) is 5.75 Å². The van der Waals surface area contributed by atoms with Gasteiger partial charge in [0, 0.05) is 26.7 Å². The normalized spacial score (nSPS) is 17.3. The first-order valence-corrected chi connectivity index (χ1v) is 8.54. The van der Waals surface area contributed by atoms with Gasteiger partial charge in [0.25, 0.3) is 5.91 Å².